The molecule has 0 aliphatic rings. The molecule has 20 heavy (non-hydrogen) atoms. The van der Waals surface area contributed by atoms with E-state index in [1.807, 2.05) is 13.0 Å². The molecule has 0 amide bonds. The Hall–Kier alpha value is -1.45. The Bertz CT molecular complexity index is 653. The molecular weight excluding hydrogens is 297 g/mol. The van der Waals surface area contributed by atoms with Gasteiger partial charge in [-0.2, -0.15) is 0 Å². The summed E-state index contributed by atoms with van der Waals surface area (Å²) >= 11 is 12.0. The van der Waals surface area contributed by atoms with E-state index < -0.39 is 0 Å². The molecular formula is C15H15Cl2NO2. The minimum absolute atomic E-state index is 0.160. The van der Waals surface area contributed by atoms with E-state index in [-0.39, 0.29) is 5.56 Å². The van der Waals surface area contributed by atoms with Gasteiger partial charge in [-0.1, -0.05) is 36.2 Å². The summed E-state index contributed by atoms with van der Waals surface area (Å²) < 4.78 is 7.00. The molecule has 0 bridgehead atoms. The molecule has 5 heteroatoms. The van der Waals surface area contributed by atoms with Crippen molar-refractivity contribution >= 4 is 23.2 Å². The predicted molar refractivity (Wildman–Crippen MR) is 82.1 cm³/mol. The minimum Gasteiger partial charge on any atom is -0.488 e. The quantitative estimate of drug-likeness (QED) is 0.836. The predicted octanol–water partition coefficient (Wildman–Crippen LogP) is 3.99. The fourth-order valence-corrected chi connectivity index (χ4v) is 2.26. The number of hydrogen-bond acceptors (Lipinski definition) is 2. The monoisotopic (exact) mass is 311 g/mol. The molecule has 0 saturated carbocycles. The maximum Gasteiger partial charge on any atom is 0.293 e. The average Bonchev–Trinajstić information content (AvgIpc) is 2.42. The fourth-order valence-electron chi connectivity index (χ4n) is 1.79. The third kappa shape index (κ3) is 3.56. The van der Waals surface area contributed by atoms with Crippen molar-refractivity contribution in [3.05, 3.63) is 62.5 Å². The Morgan fingerprint density at radius 3 is 2.75 bits per heavy atom. The average molecular weight is 312 g/mol. The highest BCUT2D eigenvalue weighted by atomic mass is 35.5. The second kappa shape index (κ2) is 6.82. The first kappa shape index (κ1) is 14.9. The van der Waals surface area contributed by atoms with Crippen LogP contribution in [-0.2, 0) is 6.54 Å². The van der Waals surface area contributed by atoms with Crippen LogP contribution in [0.5, 0.6) is 5.75 Å². The van der Waals surface area contributed by atoms with Crippen LogP contribution < -0.4 is 10.3 Å². The minimum atomic E-state index is -0.160. The Balaban J connectivity index is 2.27. The van der Waals surface area contributed by atoms with Crippen LogP contribution in [0.2, 0.25) is 10.0 Å². The van der Waals surface area contributed by atoms with E-state index in [1.165, 1.54) is 0 Å². The van der Waals surface area contributed by atoms with Crippen LogP contribution >= 0.6 is 23.2 Å². The smallest absolute Gasteiger partial charge is 0.293 e. The first-order valence-corrected chi connectivity index (χ1v) is 7.13. The molecule has 0 radical (unpaired) electrons. The highest BCUT2D eigenvalue weighted by Crippen LogP contribution is 2.21. The van der Waals surface area contributed by atoms with Gasteiger partial charge in [0.2, 0.25) is 0 Å². The van der Waals surface area contributed by atoms with Gasteiger partial charge in [-0.15, -0.1) is 0 Å². The van der Waals surface area contributed by atoms with Gasteiger partial charge in [0.15, 0.2) is 5.75 Å². The highest BCUT2D eigenvalue weighted by Gasteiger charge is 2.07. The molecule has 1 aromatic heterocycles. The lowest BCUT2D eigenvalue weighted by Gasteiger charge is -2.10. The van der Waals surface area contributed by atoms with Crippen LogP contribution in [-0.4, -0.2) is 11.2 Å². The van der Waals surface area contributed by atoms with E-state index in [1.54, 1.807) is 35.0 Å². The molecule has 0 N–H and O–H groups in total. The normalized spacial score (nSPS) is 10.6. The van der Waals surface area contributed by atoms with Crippen molar-refractivity contribution in [1.29, 1.82) is 0 Å². The summed E-state index contributed by atoms with van der Waals surface area (Å²) in [5.74, 6) is 0.361. The van der Waals surface area contributed by atoms with Crippen LogP contribution in [0.1, 0.15) is 18.9 Å². The summed E-state index contributed by atoms with van der Waals surface area (Å²) in [7, 11) is 0. The van der Waals surface area contributed by atoms with Gasteiger partial charge < -0.3 is 9.30 Å². The van der Waals surface area contributed by atoms with E-state index in [4.69, 9.17) is 27.9 Å². The number of pyridine rings is 1. The Morgan fingerprint density at radius 2 is 2.05 bits per heavy atom. The zero-order chi connectivity index (χ0) is 14.5. The second-order valence-electron chi connectivity index (χ2n) is 4.39. The van der Waals surface area contributed by atoms with Gasteiger partial charge in [0.25, 0.3) is 5.56 Å². The first-order valence-electron chi connectivity index (χ1n) is 6.38. The van der Waals surface area contributed by atoms with Crippen LogP contribution in [0, 0.1) is 0 Å². The third-order valence-corrected chi connectivity index (χ3v) is 3.39. The SMILES string of the molecule is CCCOc1cccn(Cc2ccc(Cl)cc2Cl)c1=O. The molecule has 0 saturated heterocycles. The molecule has 0 atom stereocenters. The van der Waals surface area contributed by atoms with Crippen molar-refractivity contribution in [2.24, 2.45) is 0 Å². The van der Waals surface area contributed by atoms with Crippen molar-refractivity contribution in [1.82, 2.24) is 4.57 Å². The highest BCUT2D eigenvalue weighted by molar-refractivity contribution is 6.35. The number of ether oxygens (including phenoxy) is 1. The van der Waals surface area contributed by atoms with E-state index in [9.17, 15) is 4.79 Å². The van der Waals surface area contributed by atoms with E-state index in [0.29, 0.717) is 28.9 Å². The van der Waals surface area contributed by atoms with Gasteiger partial charge in [-0.3, -0.25) is 4.79 Å². The van der Waals surface area contributed by atoms with Gasteiger partial charge in [-0.05, 0) is 36.2 Å². The van der Waals surface area contributed by atoms with Crippen LogP contribution in [0.15, 0.2) is 41.3 Å². The molecule has 0 aliphatic heterocycles. The lowest BCUT2D eigenvalue weighted by molar-refractivity contribution is 0.310. The van der Waals surface area contributed by atoms with Crippen molar-refractivity contribution in [2.75, 3.05) is 6.61 Å². The molecule has 106 valence electrons. The van der Waals surface area contributed by atoms with Gasteiger partial charge in [0.05, 0.1) is 13.2 Å². The summed E-state index contributed by atoms with van der Waals surface area (Å²) in [5, 5.41) is 1.12. The van der Waals surface area contributed by atoms with Gasteiger partial charge in [0.1, 0.15) is 0 Å². The summed E-state index contributed by atoms with van der Waals surface area (Å²) in [4.78, 5) is 12.2. The maximum atomic E-state index is 12.2. The molecule has 1 heterocycles. The number of aromatic nitrogens is 1. The van der Waals surface area contributed by atoms with Gasteiger partial charge in [-0.25, -0.2) is 0 Å². The molecule has 1 aromatic carbocycles. The van der Waals surface area contributed by atoms with Crippen LogP contribution in [0.25, 0.3) is 0 Å². The first-order chi connectivity index (χ1) is 9.61. The number of rotatable bonds is 5. The van der Waals surface area contributed by atoms with Crippen LogP contribution in [0.4, 0.5) is 0 Å². The molecule has 2 rings (SSSR count). The Kier molecular flexibility index (Phi) is 5.10. The second-order valence-corrected chi connectivity index (χ2v) is 5.23. The summed E-state index contributed by atoms with van der Waals surface area (Å²) in [5.41, 5.74) is 0.678. The Morgan fingerprint density at radius 1 is 1.25 bits per heavy atom. The summed E-state index contributed by atoms with van der Waals surface area (Å²) in [6.07, 6.45) is 2.57. The zero-order valence-electron chi connectivity index (χ0n) is 11.1. The molecule has 2 aromatic rings. The molecule has 0 spiro atoms. The standard InChI is InChI=1S/C15H15Cl2NO2/c1-2-8-20-14-4-3-7-18(15(14)19)10-11-5-6-12(16)9-13(11)17/h3-7,9H,2,8,10H2,1H3. The molecule has 3 nitrogen and oxygen atoms in total. The van der Waals surface area contributed by atoms with Crippen molar-refractivity contribution in [3.63, 3.8) is 0 Å². The van der Waals surface area contributed by atoms with Crippen LogP contribution in [0.3, 0.4) is 0 Å². The van der Waals surface area contributed by atoms with Crippen molar-refractivity contribution in [3.8, 4) is 5.75 Å². The topological polar surface area (TPSA) is 31.2 Å². The van der Waals surface area contributed by atoms with E-state index >= 15 is 0 Å². The number of hydrogen-bond donors (Lipinski definition) is 0. The van der Waals surface area contributed by atoms with E-state index in [0.717, 1.165) is 12.0 Å². The molecule has 0 unspecified atom stereocenters. The number of nitrogens with zero attached hydrogens (tertiary/aromatic N) is 1. The fraction of sp³-hybridized carbons (Fsp3) is 0.267. The summed E-state index contributed by atoms with van der Waals surface area (Å²) in [6.45, 7) is 2.91. The maximum absolute atomic E-state index is 12.2. The van der Waals surface area contributed by atoms with Gasteiger partial charge >= 0.3 is 0 Å². The summed E-state index contributed by atoms with van der Waals surface area (Å²) in [6, 6.07) is 8.71. The number of benzene rings is 1. The number of halogens is 2. The molecule has 0 fully saturated rings. The van der Waals surface area contributed by atoms with Gasteiger partial charge in [0, 0.05) is 16.2 Å². The lowest BCUT2D eigenvalue weighted by atomic mass is 10.2. The van der Waals surface area contributed by atoms with Crippen molar-refractivity contribution in [2.45, 2.75) is 19.9 Å². The largest absolute Gasteiger partial charge is 0.488 e. The lowest BCUT2D eigenvalue weighted by Crippen LogP contribution is -2.22. The Labute approximate surface area is 127 Å². The third-order valence-electron chi connectivity index (χ3n) is 2.80. The zero-order valence-corrected chi connectivity index (χ0v) is 12.6. The van der Waals surface area contributed by atoms with E-state index in [2.05, 4.69) is 0 Å². The molecule has 0 aliphatic carbocycles. The van der Waals surface area contributed by atoms with Crippen molar-refractivity contribution < 1.29 is 4.74 Å².